The van der Waals surface area contributed by atoms with Crippen molar-refractivity contribution in [2.24, 2.45) is 5.92 Å². The number of aromatic nitrogens is 1. The first-order chi connectivity index (χ1) is 11.5. The Hall–Kier alpha value is -1.86. The van der Waals surface area contributed by atoms with Gasteiger partial charge in [-0.05, 0) is 18.4 Å². The molecule has 0 aromatic carbocycles. The van der Waals surface area contributed by atoms with Gasteiger partial charge in [0.1, 0.15) is 5.69 Å². The standard InChI is InChI=1S/C17H24N2O5/c1-11(2)9-24-12-3-4-18(8-12)16(20)14-7-13(17(21)22)15-10-23-6-5-19(14)15/h7,11-12H,3-6,8-10H2,1-2H3,(H,21,22)/t12-/m0/s1. The summed E-state index contributed by atoms with van der Waals surface area (Å²) >= 11 is 0. The average molecular weight is 336 g/mol. The van der Waals surface area contributed by atoms with E-state index in [1.807, 2.05) is 0 Å². The molecule has 0 aliphatic carbocycles. The number of aromatic carboxylic acids is 1. The van der Waals surface area contributed by atoms with Crippen LogP contribution in [0, 0.1) is 5.92 Å². The summed E-state index contributed by atoms with van der Waals surface area (Å²) in [6.07, 6.45) is 0.885. The number of rotatable bonds is 5. The van der Waals surface area contributed by atoms with Gasteiger partial charge in [0, 0.05) is 26.2 Å². The van der Waals surface area contributed by atoms with Gasteiger partial charge in [0.05, 0.1) is 30.6 Å². The predicted molar refractivity (Wildman–Crippen MR) is 86.1 cm³/mol. The van der Waals surface area contributed by atoms with E-state index >= 15 is 0 Å². The molecule has 3 rings (SSSR count). The SMILES string of the molecule is CC(C)CO[C@H]1CCN(C(=O)c2cc(C(=O)O)c3n2CCOC3)C1. The number of hydrogen-bond acceptors (Lipinski definition) is 4. The molecule has 3 heterocycles. The Labute approximate surface area is 141 Å². The molecule has 1 N–H and O–H groups in total. The van der Waals surface area contributed by atoms with E-state index in [0.29, 0.717) is 50.2 Å². The summed E-state index contributed by atoms with van der Waals surface area (Å²) < 4.78 is 13.0. The van der Waals surface area contributed by atoms with Gasteiger partial charge in [-0.15, -0.1) is 0 Å². The smallest absolute Gasteiger partial charge is 0.337 e. The highest BCUT2D eigenvalue weighted by Crippen LogP contribution is 2.24. The molecule has 0 radical (unpaired) electrons. The summed E-state index contributed by atoms with van der Waals surface area (Å²) in [5.74, 6) is -0.685. The zero-order chi connectivity index (χ0) is 17.3. The molecule has 24 heavy (non-hydrogen) atoms. The van der Waals surface area contributed by atoms with Crippen molar-refractivity contribution in [2.45, 2.75) is 39.5 Å². The number of likely N-dealkylation sites (tertiary alicyclic amines) is 1. The van der Waals surface area contributed by atoms with E-state index in [1.54, 1.807) is 9.47 Å². The molecule has 1 fully saturated rings. The number of amides is 1. The van der Waals surface area contributed by atoms with Gasteiger partial charge in [-0.3, -0.25) is 4.79 Å². The van der Waals surface area contributed by atoms with Crippen molar-refractivity contribution in [1.82, 2.24) is 9.47 Å². The van der Waals surface area contributed by atoms with E-state index in [1.165, 1.54) is 6.07 Å². The van der Waals surface area contributed by atoms with E-state index in [9.17, 15) is 14.7 Å². The molecule has 1 aromatic heterocycles. The summed E-state index contributed by atoms with van der Waals surface area (Å²) in [7, 11) is 0. The fourth-order valence-corrected chi connectivity index (χ4v) is 3.23. The normalized spacial score (nSPS) is 20.5. The van der Waals surface area contributed by atoms with Crippen LogP contribution in [0.2, 0.25) is 0 Å². The van der Waals surface area contributed by atoms with Gasteiger partial charge in [0.2, 0.25) is 0 Å². The van der Waals surface area contributed by atoms with Gasteiger partial charge >= 0.3 is 5.97 Å². The van der Waals surface area contributed by atoms with Crippen molar-refractivity contribution in [3.63, 3.8) is 0 Å². The highest BCUT2D eigenvalue weighted by molar-refractivity contribution is 5.98. The summed E-state index contributed by atoms with van der Waals surface area (Å²) in [4.78, 5) is 26.0. The Morgan fingerprint density at radius 2 is 2.21 bits per heavy atom. The largest absolute Gasteiger partial charge is 0.478 e. The summed E-state index contributed by atoms with van der Waals surface area (Å²) in [5.41, 5.74) is 1.17. The van der Waals surface area contributed by atoms with Crippen LogP contribution >= 0.6 is 0 Å². The minimum absolute atomic E-state index is 0.0643. The minimum atomic E-state index is -1.03. The third-order valence-electron chi connectivity index (χ3n) is 4.45. The van der Waals surface area contributed by atoms with Crippen molar-refractivity contribution in [3.05, 3.63) is 23.0 Å². The van der Waals surface area contributed by atoms with Gasteiger partial charge in [-0.25, -0.2) is 4.79 Å². The van der Waals surface area contributed by atoms with Crippen LogP contribution in [0.25, 0.3) is 0 Å². The number of carbonyl (C=O) groups excluding carboxylic acids is 1. The Morgan fingerprint density at radius 1 is 1.42 bits per heavy atom. The Kier molecular flexibility index (Phi) is 4.91. The quantitative estimate of drug-likeness (QED) is 0.883. The van der Waals surface area contributed by atoms with Crippen molar-refractivity contribution in [2.75, 3.05) is 26.3 Å². The zero-order valence-electron chi connectivity index (χ0n) is 14.2. The molecular formula is C17H24N2O5. The second-order valence-electron chi connectivity index (χ2n) is 6.79. The molecule has 2 aliphatic rings. The molecule has 1 amide bonds. The molecule has 1 atom stereocenters. The van der Waals surface area contributed by atoms with Crippen LogP contribution in [-0.4, -0.2) is 58.9 Å². The molecule has 0 unspecified atom stereocenters. The third-order valence-corrected chi connectivity index (χ3v) is 4.45. The topological polar surface area (TPSA) is 81.0 Å². The van der Waals surface area contributed by atoms with Crippen LogP contribution in [0.1, 0.15) is 46.8 Å². The summed E-state index contributed by atoms with van der Waals surface area (Å²) in [6, 6.07) is 1.48. The first kappa shape index (κ1) is 17.0. The van der Waals surface area contributed by atoms with Gasteiger partial charge in [-0.2, -0.15) is 0 Å². The van der Waals surface area contributed by atoms with Crippen molar-refractivity contribution in [3.8, 4) is 0 Å². The first-order valence-corrected chi connectivity index (χ1v) is 8.41. The monoisotopic (exact) mass is 336 g/mol. The van der Waals surface area contributed by atoms with E-state index in [0.717, 1.165) is 6.42 Å². The van der Waals surface area contributed by atoms with Crippen LogP contribution in [0.5, 0.6) is 0 Å². The van der Waals surface area contributed by atoms with Crippen molar-refractivity contribution < 1.29 is 24.2 Å². The zero-order valence-corrected chi connectivity index (χ0v) is 14.2. The molecule has 7 heteroatoms. The second kappa shape index (κ2) is 6.94. The summed E-state index contributed by atoms with van der Waals surface area (Å²) in [5, 5.41) is 9.35. The van der Waals surface area contributed by atoms with E-state index in [2.05, 4.69) is 13.8 Å². The lowest BCUT2D eigenvalue weighted by Gasteiger charge is -2.21. The lowest BCUT2D eigenvalue weighted by Crippen LogP contribution is -2.33. The van der Waals surface area contributed by atoms with Crippen LogP contribution in [0.15, 0.2) is 6.07 Å². The highest BCUT2D eigenvalue weighted by atomic mass is 16.5. The highest BCUT2D eigenvalue weighted by Gasteiger charge is 2.32. The summed E-state index contributed by atoms with van der Waals surface area (Å²) in [6.45, 7) is 7.31. The number of hydrogen-bond donors (Lipinski definition) is 1. The maximum absolute atomic E-state index is 12.9. The van der Waals surface area contributed by atoms with Crippen LogP contribution < -0.4 is 0 Å². The van der Waals surface area contributed by atoms with Gasteiger partial charge in [0.25, 0.3) is 5.91 Å². The number of carboxylic acid groups (broad SMARTS) is 1. The molecule has 0 spiro atoms. The number of fused-ring (bicyclic) bond motifs is 1. The van der Waals surface area contributed by atoms with E-state index < -0.39 is 5.97 Å². The first-order valence-electron chi connectivity index (χ1n) is 8.41. The van der Waals surface area contributed by atoms with Crippen LogP contribution in [0.4, 0.5) is 0 Å². The number of nitrogens with zero attached hydrogens (tertiary/aromatic N) is 2. The fraction of sp³-hybridized carbons (Fsp3) is 0.647. The average Bonchev–Trinajstić information content (AvgIpc) is 3.17. The molecular weight excluding hydrogens is 312 g/mol. The van der Waals surface area contributed by atoms with E-state index in [-0.39, 0.29) is 24.2 Å². The van der Waals surface area contributed by atoms with Gasteiger partial charge in [0.15, 0.2) is 0 Å². The fourth-order valence-electron chi connectivity index (χ4n) is 3.23. The molecule has 1 aromatic rings. The minimum Gasteiger partial charge on any atom is -0.478 e. The maximum Gasteiger partial charge on any atom is 0.337 e. The Balaban J connectivity index is 1.75. The van der Waals surface area contributed by atoms with Crippen molar-refractivity contribution >= 4 is 11.9 Å². The Morgan fingerprint density at radius 3 is 2.92 bits per heavy atom. The molecule has 2 aliphatic heterocycles. The number of carboxylic acids is 1. The molecule has 7 nitrogen and oxygen atoms in total. The van der Waals surface area contributed by atoms with Crippen LogP contribution in [-0.2, 0) is 22.6 Å². The predicted octanol–water partition coefficient (Wildman–Crippen LogP) is 1.60. The van der Waals surface area contributed by atoms with Gasteiger partial charge in [-0.1, -0.05) is 13.8 Å². The number of ether oxygens (including phenoxy) is 2. The second-order valence-corrected chi connectivity index (χ2v) is 6.79. The third kappa shape index (κ3) is 3.32. The lowest BCUT2D eigenvalue weighted by molar-refractivity contribution is 0.0391. The number of carbonyl (C=O) groups is 2. The van der Waals surface area contributed by atoms with Crippen LogP contribution in [0.3, 0.4) is 0 Å². The molecule has 132 valence electrons. The lowest BCUT2D eigenvalue weighted by atomic mass is 10.2. The van der Waals surface area contributed by atoms with E-state index in [4.69, 9.17) is 9.47 Å². The molecule has 0 saturated carbocycles. The maximum atomic E-state index is 12.9. The Bertz CT molecular complexity index is 637. The molecule has 1 saturated heterocycles. The molecule has 0 bridgehead atoms. The van der Waals surface area contributed by atoms with Crippen molar-refractivity contribution in [1.29, 1.82) is 0 Å². The van der Waals surface area contributed by atoms with Gasteiger partial charge < -0.3 is 24.0 Å².